The molecular formula is C13H17BrN2O2. The summed E-state index contributed by atoms with van der Waals surface area (Å²) in [7, 11) is 1.74. The molecule has 18 heavy (non-hydrogen) atoms. The third-order valence-electron chi connectivity index (χ3n) is 3.40. The summed E-state index contributed by atoms with van der Waals surface area (Å²) in [4.78, 5) is 14.0. The predicted octanol–water partition coefficient (Wildman–Crippen LogP) is 1.16. The average Bonchev–Trinajstić information content (AvgIpc) is 2.77. The Kier molecular flexibility index (Phi) is 4.04. The number of β-amino-alcohol motifs (C(OH)–C–C–N with tert-alkyl or cyclic N) is 1. The van der Waals surface area contributed by atoms with E-state index in [0.717, 1.165) is 10.0 Å². The van der Waals surface area contributed by atoms with E-state index >= 15 is 0 Å². The Hall–Kier alpha value is -0.910. The first-order chi connectivity index (χ1) is 8.50. The van der Waals surface area contributed by atoms with Crippen LogP contribution < -0.4 is 5.32 Å². The molecule has 0 aromatic heterocycles. The number of aliphatic hydroxyl groups excluding tert-OH is 1. The summed E-state index contributed by atoms with van der Waals surface area (Å²) >= 11 is 3.38. The molecule has 1 saturated heterocycles. The van der Waals surface area contributed by atoms with Crippen LogP contribution in [0.2, 0.25) is 0 Å². The Labute approximate surface area is 115 Å². The van der Waals surface area contributed by atoms with Gasteiger partial charge in [-0.1, -0.05) is 22.0 Å². The van der Waals surface area contributed by atoms with Crippen LogP contribution in [0.5, 0.6) is 0 Å². The van der Waals surface area contributed by atoms with Crippen LogP contribution in [0.1, 0.15) is 15.9 Å². The zero-order valence-electron chi connectivity index (χ0n) is 10.5. The monoisotopic (exact) mass is 312 g/mol. The van der Waals surface area contributed by atoms with Gasteiger partial charge in [-0.2, -0.15) is 0 Å². The molecule has 4 nitrogen and oxygen atoms in total. The van der Waals surface area contributed by atoms with Crippen LogP contribution >= 0.6 is 15.9 Å². The molecule has 0 aliphatic carbocycles. The van der Waals surface area contributed by atoms with Crippen LogP contribution in [-0.2, 0) is 0 Å². The molecule has 5 heteroatoms. The molecule has 98 valence electrons. The van der Waals surface area contributed by atoms with Gasteiger partial charge in [0.25, 0.3) is 5.91 Å². The van der Waals surface area contributed by atoms with E-state index in [2.05, 4.69) is 21.2 Å². The van der Waals surface area contributed by atoms with Crippen LogP contribution in [0.3, 0.4) is 0 Å². The molecule has 1 aromatic rings. The highest BCUT2D eigenvalue weighted by Gasteiger charge is 2.31. The van der Waals surface area contributed by atoms with Crippen molar-refractivity contribution in [3.63, 3.8) is 0 Å². The first kappa shape index (κ1) is 13.5. The molecule has 2 rings (SSSR count). The van der Waals surface area contributed by atoms with Crippen molar-refractivity contribution in [2.24, 2.45) is 0 Å². The number of amides is 1. The van der Waals surface area contributed by atoms with Gasteiger partial charge in [0.05, 0.1) is 12.1 Å². The number of hydrogen-bond acceptors (Lipinski definition) is 3. The van der Waals surface area contributed by atoms with E-state index in [4.69, 9.17) is 0 Å². The lowest BCUT2D eigenvalue weighted by Gasteiger charge is -2.27. The SMILES string of the molecule is Cc1ccc(Br)cc1C(=O)N(C)[C@H]1CNC[C@@H]1O. The van der Waals surface area contributed by atoms with Crippen molar-refractivity contribution in [3.8, 4) is 0 Å². The van der Waals surface area contributed by atoms with Crippen LogP contribution in [0.4, 0.5) is 0 Å². The maximum atomic E-state index is 12.4. The summed E-state index contributed by atoms with van der Waals surface area (Å²) < 4.78 is 0.884. The Morgan fingerprint density at radius 2 is 2.22 bits per heavy atom. The minimum Gasteiger partial charge on any atom is -0.390 e. The van der Waals surface area contributed by atoms with Gasteiger partial charge >= 0.3 is 0 Å². The molecule has 1 aliphatic rings. The van der Waals surface area contributed by atoms with Gasteiger partial charge in [0, 0.05) is 30.2 Å². The fourth-order valence-electron chi connectivity index (χ4n) is 2.21. The molecule has 0 bridgehead atoms. The topological polar surface area (TPSA) is 52.6 Å². The summed E-state index contributed by atoms with van der Waals surface area (Å²) in [6.45, 7) is 3.09. The van der Waals surface area contributed by atoms with E-state index in [0.29, 0.717) is 18.7 Å². The molecule has 0 saturated carbocycles. The highest BCUT2D eigenvalue weighted by atomic mass is 79.9. The number of carbonyl (C=O) groups excluding carboxylic acids is 1. The summed E-state index contributed by atoms with van der Waals surface area (Å²) in [5.41, 5.74) is 1.61. The maximum Gasteiger partial charge on any atom is 0.254 e. The van der Waals surface area contributed by atoms with Crippen molar-refractivity contribution in [3.05, 3.63) is 33.8 Å². The van der Waals surface area contributed by atoms with Gasteiger partial charge in [-0.05, 0) is 24.6 Å². The summed E-state index contributed by atoms with van der Waals surface area (Å²) in [6, 6.07) is 5.49. The average molecular weight is 313 g/mol. The first-order valence-corrected chi connectivity index (χ1v) is 6.72. The molecule has 1 aromatic carbocycles. The molecule has 0 unspecified atom stereocenters. The standard InChI is InChI=1S/C13H17BrN2O2/c1-8-3-4-9(14)5-10(8)13(18)16(2)11-6-15-7-12(11)17/h3-5,11-12,15,17H,6-7H2,1-2H3/t11-,12-/m0/s1. The van der Waals surface area contributed by atoms with Gasteiger partial charge < -0.3 is 15.3 Å². The number of carbonyl (C=O) groups is 1. The zero-order valence-corrected chi connectivity index (χ0v) is 12.1. The molecule has 0 spiro atoms. The zero-order chi connectivity index (χ0) is 13.3. The van der Waals surface area contributed by atoms with Crippen LogP contribution in [0.25, 0.3) is 0 Å². The van der Waals surface area contributed by atoms with E-state index in [9.17, 15) is 9.90 Å². The molecule has 0 radical (unpaired) electrons. The van der Waals surface area contributed by atoms with Crippen molar-refractivity contribution >= 4 is 21.8 Å². The van der Waals surface area contributed by atoms with Crippen molar-refractivity contribution in [1.82, 2.24) is 10.2 Å². The van der Waals surface area contributed by atoms with E-state index in [1.54, 1.807) is 11.9 Å². The third kappa shape index (κ3) is 2.58. The number of hydrogen-bond donors (Lipinski definition) is 2. The number of aryl methyl sites for hydroxylation is 1. The van der Waals surface area contributed by atoms with Crippen molar-refractivity contribution in [2.45, 2.75) is 19.1 Å². The van der Waals surface area contributed by atoms with E-state index in [-0.39, 0.29) is 11.9 Å². The number of nitrogens with zero attached hydrogens (tertiary/aromatic N) is 1. The first-order valence-electron chi connectivity index (χ1n) is 5.93. The van der Waals surface area contributed by atoms with Crippen LogP contribution in [0, 0.1) is 6.92 Å². The fraction of sp³-hybridized carbons (Fsp3) is 0.462. The van der Waals surface area contributed by atoms with E-state index < -0.39 is 6.10 Å². The Morgan fingerprint density at radius 1 is 1.50 bits per heavy atom. The van der Waals surface area contributed by atoms with E-state index in [1.165, 1.54) is 0 Å². The van der Waals surface area contributed by atoms with Gasteiger partial charge in [0.15, 0.2) is 0 Å². The summed E-state index contributed by atoms with van der Waals surface area (Å²) in [5.74, 6) is -0.0541. The lowest BCUT2D eigenvalue weighted by atomic mass is 10.1. The van der Waals surface area contributed by atoms with Gasteiger partial charge in [-0.15, -0.1) is 0 Å². The number of benzene rings is 1. The fourth-order valence-corrected chi connectivity index (χ4v) is 2.57. The Bertz CT molecular complexity index is 464. The minimum atomic E-state index is -0.494. The number of likely N-dealkylation sites (N-methyl/N-ethyl adjacent to an activating group) is 1. The van der Waals surface area contributed by atoms with Gasteiger partial charge in [0.1, 0.15) is 0 Å². The second kappa shape index (κ2) is 5.38. The van der Waals surface area contributed by atoms with Crippen molar-refractivity contribution in [2.75, 3.05) is 20.1 Å². The second-order valence-corrected chi connectivity index (χ2v) is 5.58. The van der Waals surface area contributed by atoms with Gasteiger partial charge in [-0.3, -0.25) is 4.79 Å². The Balaban J connectivity index is 2.22. The van der Waals surface area contributed by atoms with Gasteiger partial charge in [-0.25, -0.2) is 0 Å². The Morgan fingerprint density at radius 3 is 2.83 bits per heavy atom. The minimum absolute atomic E-state index is 0.0541. The van der Waals surface area contributed by atoms with Crippen molar-refractivity contribution in [1.29, 1.82) is 0 Å². The number of rotatable bonds is 2. The largest absolute Gasteiger partial charge is 0.390 e. The number of nitrogens with one attached hydrogen (secondary N) is 1. The smallest absolute Gasteiger partial charge is 0.254 e. The highest BCUT2D eigenvalue weighted by molar-refractivity contribution is 9.10. The lowest BCUT2D eigenvalue weighted by molar-refractivity contribution is 0.0580. The molecule has 2 N–H and O–H groups in total. The molecule has 1 amide bonds. The van der Waals surface area contributed by atoms with Crippen LogP contribution in [0.15, 0.2) is 22.7 Å². The van der Waals surface area contributed by atoms with Crippen molar-refractivity contribution < 1.29 is 9.90 Å². The second-order valence-electron chi connectivity index (χ2n) is 4.67. The van der Waals surface area contributed by atoms with Gasteiger partial charge in [0.2, 0.25) is 0 Å². The maximum absolute atomic E-state index is 12.4. The molecule has 1 fully saturated rings. The molecule has 1 aliphatic heterocycles. The van der Waals surface area contributed by atoms with Crippen LogP contribution in [-0.4, -0.2) is 48.2 Å². The highest BCUT2D eigenvalue weighted by Crippen LogP contribution is 2.19. The molecule has 1 heterocycles. The predicted molar refractivity (Wildman–Crippen MR) is 73.6 cm³/mol. The normalized spacial score (nSPS) is 23.1. The number of halogens is 1. The number of aliphatic hydroxyl groups is 1. The summed E-state index contributed by atoms with van der Waals surface area (Å²) in [6.07, 6.45) is -0.494. The molecular weight excluding hydrogens is 296 g/mol. The van der Waals surface area contributed by atoms with E-state index in [1.807, 2.05) is 25.1 Å². The molecule has 2 atom stereocenters. The quantitative estimate of drug-likeness (QED) is 0.861. The summed E-state index contributed by atoms with van der Waals surface area (Å²) in [5, 5.41) is 12.9. The third-order valence-corrected chi connectivity index (χ3v) is 3.89. The lowest BCUT2D eigenvalue weighted by Crippen LogP contribution is -2.44.